The average Bonchev–Trinajstić information content (AvgIpc) is 3.30. The van der Waals surface area contributed by atoms with E-state index in [0.717, 1.165) is 141 Å². The summed E-state index contributed by atoms with van der Waals surface area (Å²) >= 11 is 0. The van der Waals surface area contributed by atoms with E-state index in [1.54, 1.807) is 0 Å². The van der Waals surface area contributed by atoms with Crippen LogP contribution in [0, 0.1) is 0 Å². The number of hydrogen-bond donors (Lipinski definition) is 0. The van der Waals surface area contributed by atoms with Crippen LogP contribution in [-0.2, 0) is 28.6 Å². The molecule has 0 N–H and O–H groups in total. The van der Waals surface area contributed by atoms with Crippen molar-refractivity contribution in [1.29, 1.82) is 0 Å². The highest BCUT2D eigenvalue weighted by atomic mass is 16.6. The second-order valence-electron chi connectivity index (χ2n) is 16.7. The van der Waals surface area contributed by atoms with Gasteiger partial charge >= 0.3 is 17.9 Å². The number of hydrogen-bond acceptors (Lipinski definition) is 6. The lowest BCUT2D eigenvalue weighted by Gasteiger charge is -2.18. The number of unbranched alkanes of at least 4 members (excludes halogenated alkanes) is 14. The molecule has 0 fully saturated rings. The van der Waals surface area contributed by atoms with Crippen LogP contribution in [0.3, 0.4) is 0 Å². The van der Waals surface area contributed by atoms with Crippen LogP contribution < -0.4 is 0 Å². The average molecular weight is 899 g/mol. The zero-order chi connectivity index (χ0) is 47.2. The summed E-state index contributed by atoms with van der Waals surface area (Å²) in [4.78, 5) is 38.0. The molecule has 0 spiro atoms. The highest BCUT2D eigenvalue weighted by Crippen LogP contribution is 2.12. The van der Waals surface area contributed by atoms with Crippen molar-refractivity contribution in [3.63, 3.8) is 0 Å². The zero-order valence-electron chi connectivity index (χ0n) is 41.7. The fourth-order valence-corrected chi connectivity index (χ4v) is 6.58. The summed E-state index contributed by atoms with van der Waals surface area (Å²) in [7, 11) is 0. The molecule has 0 rings (SSSR count). The van der Waals surface area contributed by atoms with Crippen LogP contribution in [0.5, 0.6) is 0 Å². The quantitative estimate of drug-likeness (QED) is 0.0262. The monoisotopic (exact) mass is 899 g/mol. The highest BCUT2D eigenvalue weighted by molar-refractivity contribution is 5.71. The Morgan fingerprint density at radius 2 is 0.615 bits per heavy atom. The van der Waals surface area contributed by atoms with Gasteiger partial charge in [-0.3, -0.25) is 14.4 Å². The van der Waals surface area contributed by atoms with Gasteiger partial charge in [-0.1, -0.05) is 194 Å². The van der Waals surface area contributed by atoms with Crippen molar-refractivity contribution in [1.82, 2.24) is 0 Å². The highest BCUT2D eigenvalue weighted by Gasteiger charge is 2.19. The van der Waals surface area contributed by atoms with Gasteiger partial charge in [0.15, 0.2) is 6.10 Å². The minimum Gasteiger partial charge on any atom is -0.462 e. The van der Waals surface area contributed by atoms with Crippen molar-refractivity contribution in [2.24, 2.45) is 0 Å². The first kappa shape index (κ1) is 60.8. The second-order valence-corrected chi connectivity index (χ2v) is 16.7. The van der Waals surface area contributed by atoms with Gasteiger partial charge < -0.3 is 14.2 Å². The molecule has 0 aromatic rings. The van der Waals surface area contributed by atoms with Crippen LogP contribution in [0.25, 0.3) is 0 Å². The molecular formula is C59H94O6. The van der Waals surface area contributed by atoms with Gasteiger partial charge in [-0.2, -0.15) is 0 Å². The fraction of sp³-hybridized carbons (Fsp3) is 0.610. The normalized spacial score (nSPS) is 13.1. The standard InChI is InChI=1S/C59H94O6/c1-4-7-10-13-16-19-22-25-28-29-32-34-37-40-43-46-49-52-58(61)64-55-56(65-59(62)53-50-47-44-41-38-35-31-27-24-21-18-15-12-9-6-3)54-63-57(60)51-48-45-42-39-36-33-30-26-23-20-17-14-11-8-5-2/h7,9-10,12,16-21,25-28,30-32,34,40,43,56H,4-6,8,11,13-15,22-24,29,33,35-39,41-42,44-55H2,1-3H3/b10-7-,12-9-,19-16-,20-17-,21-18-,28-25-,30-26-,31-27-,34-32-,43-40-/t56-/m1/s1. The van der Waals surface area contributed by atoms with Crippen molar-refractivity contribution in [3.8, 4) is 0 Å². The lowest BCUT2D eigenvalue weighted by atomic mass is 10.1. The third kappa shape index (κ3) is 50.7. The zero-order valence-corrected chi connectivity index (χ0v) is 41.7. The molecule has 0 aliphatic rings. The summed E-state index contributed by atoms with van der Waals surface area (Å²) in [5, 5.41) is 0. The Bertz CT molecular complexity index is 1400. The molecule has 0 heterocycles. The van der Waals surface area contributed by atoms with Crippen molar-refractivity contribution in [2.45, 2.75) is 219 Å². The molecule has 0 amide bonds. The van der Waals surface area contributed by atoms with Crippen LogP contribution in [0.1, 0.15) is 213 Å². The van der Waals surface area contributed by atoms with Crippen LogP contribution in [0.2, 0.25) is 0 Å². The minimum absolute atomic E-state index is 0.114. The topological polar surface area (TPSA) is 78.9 Å². The molecule has 0 aromatic carbocycles. The van der Waals surface area contributed by atoms with Crippen LogP contribution in [-0.4, -0.2) is 37.2 Å². The summed E-state index contributed by atoms with van der Waals surface area (Å²) in [5.74, 6) is -1.01. The summed E-state index contributed by atoms with van der Waals surface area (Å²) < 4.78 is 16.7. The van der Waals surface area contributed by atoms with Gasteiger partial charge in [0.25, 0.3) is 0 Å². The number of allylic oxidation sites excluding steroid dienone is 20. The van der Waals surface area contributed by atoms with Crippen molar-refractivity contribution < 1.29 is 28.6 Å². The van der Waals surface area contributed by atoms with Gasteiger partial charge in [0.1, 0.15) is 13.2 Å². The first-order valence-electron chi connectivity index (χ1n) is 26.0. The van der Waals surface area contributed by atoms with E-state index in [4.69, 9.17) is 14.2 Å². The smallest absolute Gasteiger partial charge is 0.306 e. The van der Waals surface area contributed by atoms with E-state index in [1.807, 2.05) is 0 Å². The Morgan fingerprint density at radius 3 is 1.00 bits per heavy atom. The SMILES string of the molecule is CC/C=C\C/C=C\C/C=C\C/C=C\C/C=C\CCCC(=O)OC[C@@H](COC(=O)CCCCCCC/C=C\C/C=C\CCCCC)OC(=O)CCCCCCC/C=C\C/C=C\C/C=C\CC. The third-order valence-corrected chi connectivity index (χ3v) is 10.4. The number of carbonyl (C=O) groups is 3. The number of carbonyl (C=O) groups excluding carboxylic acids is 3. The second kappa shape index (κ2) is 52.4. The molecule has 366 valence electrons. The first-order chi connectivity index (χ1) is 32.0. The minimum atomic E-state index is -0.819. The van der Waals surface area contributed by atoms with E-state index in [0.29, 0.717) is 12.8 Å². The summed E-state index contributed by atoms with van der Waals surface area (Å²) in [6, 6.07) is 0. The maximum atomic E-state index is 12.8. The predicted octanol–water partition coefficient (Wildman–Crippen LogP) is 17.3. The van der Waals surface area contributed by atoms with Crippen LogP contribution >= 0.6 is 0 Å². The Kier molecular flexibility index (Phi) is 49.1. The third-order valence-electron chi connectivity index (χ3n) is 10.4. The van der Waals surface area contributed by atoms with E-state index in [-0.39, 0.29) is 44.0 Å². The molecule has 0 radical (unpaired) electrons. The number of ether oxygens (including phenoxy) is 3. The van der Waals surface area contributed by atoms with E-state index >= 15 is 0 Å². The van der Waals surface area contributed by atoms with Gasteiger partial charge in [-0.15, -0.1) is 0 Å². The Balaban J connectivity index is 4.55. The molecule has 0 unspecified atom stereocenters. The van der Waals surface area contributed by atoms with E-state index in [1.165, 1.54) is 25.7 Å². The molecule has 0 bridgehead atoms. The van der Waals surface area contributed by atoms with Gasteiger partial charge in [0.2, 0.25) is 0 Å². The molecule has 6 heteroatoms. The van der Waals surface area contributed by atoms with Gasteiger partial charge in [-0.25, -0.2) is 0 Å². The van der Waals surface area contributed by atoms with E-state index in [9.17, 15) is 14.4 Å². The molecule has 65 heavy (non-hydrogen) atoms. The van der Waals surface area contributed by atoms with Gasteiger partial charge in [-0.05, 0) is 122 Å². The fourth-order valence-electron chi connectivity index (χ4n) is 6.58. The predicted molar refractivity (Wildman–Crippen MR) is 279 cm³/mol. The van der Waals surface area contributed by atoms with E-state index in [2.05, 4.69) is 142 Å². The summed E-state index contributed by atoms with van der Waals surface area (Å²) in [6.45, 7) is 6.29. The molecule has 0 aromatic heterocycles. The number of rotatable bonds is 45. The van der Waals surface area contributed by atoms with Crippen LogP contribution in [0.4, 0.5) is 0 Å². The van der Waals surface area contributed by atoms with Gasteiger partial charge in [0.05, 0.1) is 0 Å². The Labute approximate surface area is 399 Å². The molecule has 0 saturated heterocycles. The lowest BCUT2D eigenvalue weighted by molar-refractivity contribution is -0.167. The Hall–Kier alpha value is -4.19. The first-order valence-corrected chi connectivity index (χ1v) is 26.0. The maximum Gasteiger partial charge on any atom is 0.306 e. The number of esters is 3. The molecule has 0 aliphatic heterocycles. The summed E-state index contributed by atoms with van der Waals surface area (Å²) in [6.07, 6.45) is 71.8. The maximum absolute atomic E-state index is 12.8. The largest absolute Gasteiger partial charge is 0.462 e. The summed E-state index contributed by atoms with van der Waals surface area (Å²) in [5.41, 5.74) is 0. The molecule has 6 nitrogen and oxygen atoms in total. The molecule has 0 saturated carbocycles. The van der Waals surface area contributed by atoms with Gasteiger partial charge in [0, 0.05) is 19.3 Å². The molecular weight excluding hydrogens is 805 g/mol. The van der Waals surface area contributed by atoms with Crippen molar-refractivity contribution >= 4 is 17.9 Å². The Morgan fingerprint density at radius 1 is 0.323 bits per heavy atom. The van der Waals surface area contributed by atoms with E-state index < -0.39 is 6.10 Å². The van der Waals surface area contributed by atoms with Crippen molar-refractivity contribution in [2.75, 3.05) is 13.2 Å². The van der Waals surface area contributed by atoms with Crippen molar-refractivity contribution in [3.05, 3.63) is 122 Å². The molecule has 0 aliphatic carbocycles. The molecule has 1 atom stereocenters. The van der Waals surface area contributed by atoms with Crippen LogP contribution in [0.15, 0.2) is 122 Å². The lowest BCUT2D eigenvalue weighted by Crippen LogP contribution is -2.30.